The zero-order valence-electron chi connectivity index (χ0n) is 6.77. The Morgan fingerprint density at radius 3 is 3.00 bits per heavy atom. The van der Waals surface area contributed by atoms with E-state index in [-0.39, 0.29) is 0 Å². The fourth-order valence-corrected chi connectivity index (χ4v) is 1.47. The first-order valence-corrected chi connectivity index (χ1v) is 4.23. The Labute approximate surface area is 63.5 Å². The van der Waals surface area contributed by atoms with Crippen LogP contribution in [0.15, 0.2) is 12.2 Å². The van der Waals surface area contributed by atoms with E-state index in [0.29, 0.717) is 0 Å². The lowest BCUT2D eigenvalue weighted by Crippen LogP contribution is -2.13. The third-order valence-corrected chi connectivity index (χ3v) is 2.18. The average Bonchev–Trinajstić information content (AvgIpc) is 2.03. The van der Waals surface area contributed by atoms with Gasteiger partial charge in [0.1, 0.15) is 0 Å². The molecule has 0 aromatic carbocycles. The van der Waals surface area contributed by atoms with E-state index < -0.39 is 0 Å². The molecule has 0 bridgehead atoms. The van der Waals surface area contributed by atoms with Crippen molar-refractivity contribution in [2.75, 3.05) is 13.6 Å². The molecule has 10 heavy (non-hydrogen) atoms. The summed E-state index contributed by atoms with van der Waals surface area (Å²) >= 11 is 0. The molecular formula is C9H17N. The topological polar surface area (TPSA) is 12.0 Å². The van der Waals surface area contributed by atoms with E-state index >= 15 is 0 Å². The van der Waals surface area contributed by atoms with E-state index in [1.165, 1.54) is 32.2 Å². The third-order valence-electron chi connectivity index (χ3n) is 2.18. The zero-order valence-corrected chi connectivity index (χ0v) is 6.77. The summed E-state index contributed by atoms with van der Waals surface area (Å²) in [4.78, 5) is 0. The number of hydrogen-bond donors (Lipinski definition) is 1. The molecule has 1 atom stereocenters. The van der Waals surface area contributed by atoms with Crippen LogP contribution in [0, 0.1) is 5.92 Å². The van der Waals surface area contributed by atoms with Crippen LogP contribution < -0.4 is 5.32 Å². The molecular weight excluding hydrogens is 122 g/mol. The molecule has 0 saturated heterocycles. The Morgan fingerprint density at radius 2 is 2.40 bits per heavy atom. The molecule has 0 spiro atoms. The van der Waals surface area contributed by atoms with Gasteiger partial charge in [-0.15, -0.1) is 0 Å². The molecule has 0 aliphatic heterocycles. The summed E-state index contributed by atoms with van der Waals surface area (Å²) in [7, 11) is 2.03. The number of allylic oxidation sites excluding steroid dienone is 2. The van der Waals surface area contributed by atoms with Crippen LogP contribution in [0.4, 0.5) is 0 Å². The van der Waals surface area contributed by atoms with Crippen LogP contribution in [0.3, 0.4) is 0 Å². The van der Waals surface area contributed by atoms with Crippen LogP contribution in [-0.4, -0.2) is 13.6 Å². The second-order valence-electron chi connectivity index (χ2n) is 3.04. The lowest BCUT2D eigenvalue weighted by molar-refractivity contribution is 0.438. The molecule has 0 saturated carbocycles. The number of nitrogens with one attached hydrogen (secondary N) is 1. The van der Waals surface area contributed by atoms with E-state index in [1.807, 2.05) is 7.05 Å². The van der Waals surface area contributed by atoms with Gasteiger partial charge in [0.05, 0.1) is 0 Å². The van der Waals surface area contributed by atoms with Crippen LogP contribution in [0.2, 0.25) is 0 Å². The van der Waals surface area contributed by atoms with Gasteiger partial charge in [-0.3, -0.25) is 0 Å². The molecule has 58 valence electrons. The van der Waals surface area contributed by atoms with Gasteiger partial charge < -0.3 is 5.32 Å². The predicted octanol–water partition coefficient (Wildman–Crippen LogP) is 1.95. The molecule has 0 radical (unpaired) electrons. The molecule has 1 unspecified atom stereocenters. The molecule has 0 heterocycles. The van der Waals surface area contributed by atoms with Crippen molar-refractivity contribution >= 4 is 0 Å². The Balaban J connectivity index is 2.10. The zero-order chi connectivity index (χ0) is 7.23. The quantitative estimate of drug-likeness (QED) is 0.589. The maximum Gasteiger partial charge on any atom is -0.00492 e. The molecule has 1 N–H and O–H groups in total. The predicted molar refractivity (Wildman–Crippen MR) is 45.0 cm³/mol. The standard InChI is InChI=1S/C9H17N/c1-10-8-7-9-5-3-2-4-6-9/h2-3,9-10H,4-8H2,1H3. The van der Waals surface area contributed by atoms with Crippen LogP contribution in [0.1, 0.15) is 25.7 Å². The van der Waals surface area contributed by atoms with E-state index in [1.54, 1.807) is 0 Å². The number of hydrogen-bond acceptors (Lipinski definition) is 1. The third kappa shape index (κ3) is 2.53. The highest BCUT2D eigenvalue weighted by Gasteiger charge is 2.07. The largest absolute Gasteiger partial charge is 0.320 e. The van der Waals surface area contributed by atoms with E-state index in [0.717, 1.165) is 5.92 Å². The van der Waals surface area contributed by atoms with Crippen LogP contribution in [0.25, 0.3) is 0 Å². The Kier molecular flexibility index (Phi) is 3.52. The van der Waals surface area contributed by atoms with Gasteiger partial charge >= 0.3 is 0 Å². The first kappa shape index (κ1) is 7.80. The molecule has 0 aromatic rings. The molecule has 1 heteroatoms. The average molecular weight is 139 g/mol. The summed E-state index contributed by atoms with van der Waals surface area (Å²) in [6.45, 7) is 1.18. The first-order chi connectivity index (χ1) is 4.93. The summed E-state index contributed by atoms with van der Waals surface area (Å²) in [6.07, 6.45) is 9.98. The smallest absolute Gasteiger partial charge is 0.00492 e. The molecule has 1 aliphatic carbocycles. The summed E-state index contributed by atoms with van der Waals surface area (Å²) < 4.78 is 0. The number of rotatable bonds is 3. The summed E-state index contributed by atoms with van der Waals surface area (Å²) in [6, 6.07) is 0. The fourth-order valence-electron chi connectivity index (χ4n) is 1.47. The van der Waals surface area contributed by atoms with Crippen molar-refractivity contribution < 1.29 is 0 Å². The maximum absolute atomic E-state index is 3.19. The normalized spacial score (nSPS) is 25.1. The summed E-state index contributed by atoms with van der Waals surface area (Å²) in [5, 5.41) is 3.19. The highest BCUT2D eigenvalue weighted by Crippen LogP contribution is 2.20. The SMILES string of the molecule is CNCCC1CC=CCC1. The van der Waals surface area contributed by atoms with Crippen molar-refractivity contribution in [2.24, 2.45) is 5.92 Å². The Bertz CT molecular complexity index is 107. The molecule has 0 fully saturated rings. The van der Waals surface area contributed by atoms with Gasteiger partial charge in [0.15, 0.2) is 0 Å². The Hall–Kier alpha value is -0.300. The monoisotopic (exact) mass is 139 g/mol. The minimum Gasteiger partial charge on any atom is -0.320 e. The van der Waals surface area contributed by atoms with Crippen molar-refractivity contribution in [1.29, 1.82) is 0 Å². The summed E-state index contributed by atoms with van der Waals surface area (Å²) in [5.74, 6) is 0.956. The van der Waals surface area contributed by atoms with Gasteiger partial charge in [-0.25, -0.2) is 0 Å². The molecule has 1 nitrogen and oxygen atoms in total. The van der Waals surface area contributed by atoms with E-state index in [9.17, 15) is 0 Å². The lowest BCUT2D eigenvalue weighted by Gasteiger charge is -2.16. The van der Waals surface area contributed by atoms with Crippen LogP contribution >= 0.6 is 0 Å². The van der Waals surface area contributed by atoms with Gasteiger partial charge in [-0.05, 0) is 45.2 Å². The summed E-state index contributed by atoms with van der Waals surface area (Å²) in [5.41, 5.74) is 0. The van der Waals surface area contributed by atoms with Gasteiger partial charge in [-0.2, -0.15) is 0 Å². The Morgan fingerprint density at radius 1 is 1.50 bits per heavy atom. The minimum absolute atomic E-state index is 0.956. The van der Waals surface area contributed by atoms with Crippen LogP contribution in [0.5, 0.6) is 0 Å². The first-order valence-electron chi connectivity index (χ1n) is 4.23. The van der Waals surface area contributed by atoms with Crippen molar-refractivity contribution in [3.63, 3.8) is 0 Å². The fraction of sp³-hybridized carbons (Fsp3) is 0.778. The second kappa shape index (κ2) is 4.51. The molecule has 1 rings (SSSR count). The van der Waals surface area contributed by atoms with Crippen LogP contribution in [-0.2, 0) is 0 Å². The minimum atomic E-state index is 0.956. The highest BCUT2D eigenvalue weighted by molar-refractivity contribution is 4.89. The highest BCUT2D eigenvalue weighted by atomic mass is 14.8. The van der Waals surface area contributed by atoms with E-state index in [4.69, 9.17) is 0 Å². The van der Waals surface area contributed by atoms with Gasteiger partial charge in [-0.1, -0.05) is 12.2 Å². The van der Waals surface area contributed by atoms with E-state index in [2.05, 4.69) is 17.5 Å². The van der Waals surface area contributed by atoms with Crippen molar-refractivity contribution in [2.45, 2.75) is 25.7 Å². The van der Waals surface area contributed by atoms with Gasteiger partial charge in [0, 0.05) is 0 Å². The van der Waals surface area contributed by atoms with Gasteiger partial charge in [0.2, 0.25) is 0 Å². The van der Waals surface area contributed by atoms with Gasteiger partial charge in [0.25, 0.3) is 0 Å². The molecule has 0 amide bonds. The van der Waals surface area contributed by atoms with Crippen molar-refractivity contribution in [3.8, 4) is 0 Å². The molecule has 0 aromatic heterocycles. The second-order valence-corrected chi connectivity index (χ2v) is 3.04. The van der Waals surface area contributed by atoms with Crippen molar-refractivity contribution in [3.05, 3.63) is 12.2 Å². The maximum atomic E-state index is 3.19. The molecule has 1 aliphatic rings. The van der Waals surface area contributed by atoms with Crippen molar-refractivity contribution in [1.82, 2.24) is 5.32 Å². The lowest BCUT2D eigenvalue weighted by atomic mass is 9.92.